The van der Waals surface area contributed by atoms with Gasteiger partial charge in [0.1, 0.15) is 0 Å². The van der Waals surface area contributed by atoms with Crippen molar-refractivity contribution in [2.24, 2.45) is 5.92 Å². The van der Waals surface area contributed by atoms with Crippen molar-refractivity contribution < 1.29 is 8.78 Å². The summed E-state index contributed by atoms with van der Waals surface area (Å²) in [5.41, 5.74) is 0. The molecule has 0 rings (SSSR count). The van der Waals surface area contributed by atoms with Gasteiger partial charge in [0.25, 0.3) is 0 Å². The highest BCUT2D eigenvalue weighted by Gasteiger charge is 2.12. The zero-order valence-corrected chi connectivity index (χ0v) is 7.45. The number of hydrogen-bond donors (Lipinski definition) is 0. The smallest absolute Gasteiger partial charge is 0.210 e. The first-order valence-corrected chi connectivity index (χ1v) is 4.46. The van der Waals surface area contributed by atoms with Gasteiger partial charge in [-0.1, -0.05) is 39.5 Å². The molecule has 11 heavy (non-hydrogen) atoms. The largest absolute Gasteiger partial charge is 0.241 e. The van der Waals surface area contributed by atoms with Crippen molar-refractivity contribution >= 4 is 0 Å². The van der Waals surface area contributed by atoms with Gasteiger partial charge >= 0.3 is 0 Å². The van der Waals surface area contributed by atoms with Crippen molar-refractivity contribution in [3.8, 4) is 0 Å². The van der Waals surface area contributed by atoms with E-state index in [1.807, 2.05) is 0 Å². The molecule has 0 amide bonds. The fourth-order valence-corrected chi connectivity index (χ4v) is 1.02. The quantitative estimate of drug-likeness (QED) is 0.523. The van der Waals surface area contributed by atoms with E-state index in [2.05, 4.69) is 6.92 Å². The number of hydrogen-bond acceptors (Lipinski definition) is 0. The van der Waals surface area contributed by atoms with E-state index < -0.39 is 12.3 Å². The number of rotatable bonds is 6. The Balaban J connectivity index is 3.10. The van der Waals surface area contributed by atoms with Gasteiger partial charge in [0.05, 0.1) is 0 Å². The topological polar surface area (TPSA) is 0 Å². The van der Waals surface area contributed by atoms with E-state index in [9.17, 15) is 8.78 Å². The molecule has 0 aliphatic carbocycles. The molecule has 0 saturated heterocycles. The van der Waals surface area contributed by atoms with Gasteiger partial charge in [-0.15, -0.1) is 0 Å². The average Bonchev–Trinajstić information content (AvgIpc) is 1.97. The van der Waals surface area contributed by atoms with Gasteiger partial charge in [0.15, 0.2) is 0 Å². The molecular formula is C9H18F2. The lowest BCUT2D eigenvalue weighted by atomic mass is 10.0. The van der Waals surface area contributed by atoms with Crippen LogP contribution < -0.4 is 0 Å². The highest BCUT2D eigenvalue weighted by molar-refractivity contribution is 4.54. The molecule has 0 saturated carbocycles. The van der Waals surface area contributed by atoms with Gasteiger partial charge in [-0.25, -0.2) is 8.78 Å². The third kappa shape index (κ3) is 6.27. The van der Waals surface area contributed by atoms with Crippen molar-refractivity contribution in [3.05, 3.63) is 0 Å². The van der Waals surface area contributed by atoms with Crippen LogP contribution in [-0.2, 0) is 0 Å². The van der Waals surface area contributed by atoms with E-state index in [4.69, 9.17) is 0 Å². The maximum atomic E-state index is 11.9. The Bertz CT molecular complexity index is 81.6. The SMILES string of the molecule is CCCCCC[C@H](C)C(F)F. The molecule has 0 N–H and O–H groups in total. The number of alkyl halides is 2. The average molecular weight is 164 g/mol. The molecule has 0 aromatic carbocycles. The summed E-state index contributed by atoms with van der Waals surface area (Å²) in [6.45, 7) is 3.74. The summed E-state index contributed by atoms with van der Waals surface area (Å²) in [5, 5.41) is 0. The van der Waals surface area contributed by atoms with Crippen LogP contribution in [0.2, 0.25) is 0 Å². The second-order valence-electron chi connectivity index (χ2n) is 3.16. The molecule has 0 bridgehead atoms. The molecule has 0 unspecified atom stereocenters. The lowest BCUT2D eigenvalue weighted by Gasteiger charge is -2.08. The first kappa shape index (κ1) is 10.9. The van der Waals surface area contributed by atoms with Crippen LogP contribution in [0.1, 0.15) is 46.0 Å². The van der Waals surface area contributed by atoms with Crippen LogP contribution in [0.3, 0.4) is 0 Å². The van der Waals surface area contributed by atoms with Crippen LogP contribution in [0.4, 0.5) is 8.78 Å². The molecule has 0 spiro atoms. The van der Waals surface area contributed by atoms with Crippen LogP contribution in [0.15, 0.2) is 0 Å². The van der Waals surface area contributed by atoms with Crippen molar-refractivity contribution in [1.29, 1.82) is 0 Å². The van der Waals surface area contributed by atoms with E-state index in [1.54, 1.807) is 6.92 Å². The Morgan fingerprint density at radius 2 is 1.73 bits per heavy atom. The summed E-state index contributed by atoms with van der Waals surface area (Å²) in [5.74, 6) is -0.410. The highest BCUT2D eigenvalue weighted by Crippen LogP contribution is 2.16. The van der Waals surface area contributed by atoms with Crippen LogP contribution >= 0.6 is 0 Å². The molecule has 2 heteroatoms. The van der Waals surface area contributed by atoms with Gasteiger partial charge in [0, 0.05) is 5.92 Å². The third-order valence-corrected chi connectivity index (χ3v) is 1.94. The van der Waals surface area contributed by atoms with Crippen molar-refractivity contribution in [2.45, 2.75) is 52.4 Å². The van der Waals surface area contributed by atoms with Gasteiger partial charge < -0.3 is 0 Å². The summed E-state index contributed by atoms with van der Waals surface area (Å²) < 4.78 is 23.9. The fourth-order valence-electron chi connectivity index (χ4n) is 1.02. The number of unbranched alkanes of at least 4 members (excludes halogenated alkanes) is 3. The minimum atomic E-state index is -2.13. The van der Waals surface area contributed by atoms with Crippen LogP contribution in [0.5, 0.6) is 0 Å². The summed E-state index contributed by atoms with van der Waals surface area (Å²) >= 11 is 0. The fraction of sp³-hybridized carbons (Fsp3) is 1.00. The van der Waals surface area contributed by atoms with Gasteiger partial charge in [-0.2, -0.15) is 0 Å². The van der Waals surface area contributed by atoms with Gasteiger partial charge in [-0.05, 0) is 6.42 Å². The van der Waals surface area contributed by atoms with Crippen LogP contribution in [0, 0.1) is 5.92 Å². The van der Waals surface area contributed by atoms with E-state index in [1.165, 1.54) is 12.8 Å². The van der Waals surface area contributed by atoms with Gasteiger partial charge in [-0.3, -0.25) is 0 Å². The summed E-state index contributed by atoms with van der Waals surface area (Å²) in [6, 6.07) is 0. The maximum Gasteiger partial charge on any atom is 0.241 e. The Hall–Kier alpha value is -0.140. The Morgan fingerprint density at radius 1 is 1.09 bits per heavy atom. The maximum absolute atomic E-state index is 11.9. The number of halogens is 2. The molecule has 0 aliphatic rings. The van der Waals surface area contributed by atoms with E-state index >= 15 is 0 Å². The molecule has 0 fully saturated rings. The van der Waals surface area contributed by atoms with Crippen LogP contribution in [-0.4, -0.2) is 6.43 Å². The third-order valence-electron chi connectivity index (χ3n) is 1.94. The summed E-state index contributed by atoms with van der Waals surface area (Å²) in [4.78, 5) is 0. The minimum Gasteiger partial charge on any atom is -0.210 e. The van der Waals surface area contributed by atoms with E-state index in [0.29, 0.717) is 6.42 Å². The Labute approximate surface area is 68.0 Å². The predicted octanol–water partition coefficient (Wildman–Crippen LogP) is 3.86. The molecule has 0 aromatic rings. The minimum absolute atomic E-state index is 0.410. The van der Waals surface area contributed by atoms with Crippen LogP contribution in [0.25, 0.3) is 0 Å². The molecule has 0 aromatic heterocycles. The molecule has 0 heterocycles. The molecule has 0 nitrogen and oxygen atoms in total. The normalized spacial score (nSPS) is 13.9. The molecule has 0 aliphatic heterocycles. The molecule has 68 valence electrons. The molecule has 1 atom stereocenters. The van der Waals surface area contributed by atoms with Gasteiger partial charge in [0.2, 0.25) is 6.43 Å². The van der Waals surface area contributed by atoms with E-state index in [-0.39, 0.29) is 0 Å². The second kappa shape index (κ2) is 6.56. The zero-order valence-electron chi connectivity index (χ0n) is 7.45. The first-order valence-electron chi connectivity index (χ1n) is 4.46. The van der Waals surface area contributed by atoms with E-state index in [0.717, 1.165) is 12.8 Å². The zero-order chi connectivity index (χ0) is 8.69. The molecule has 0 radical (unpaired) electrons. The Morgan fingerprint density at radius 3 is 2.18 bits per heavy atom. The summed E-state index contributed by atoms with van der Waals surface area (Å²) in [7, 11) is 0. The van der Waals surface area contributed by atoms with Crippen molar-refractivity contribution in [3.63, 3.8) is 0 Å². The highest BCUT2D eigenvalue weighted by atomic mass is 19.3. The monoisotopic (exact) mass is 164 g/mol. The first-order chi connectivity index (χ1) is 5.18. The Kier molecular flexibility index (Phi) is 6.48. The molecular weight excluding hydrogens is 146 g/mol. The predicted molar refractivity (Wildman–Crippen MR) is 43.9 cm³/mol. The van der Waals surface area contributed by atoms with Crippen molar-refractivity contribution in [1.82, 2.24) is 0 Å². The standard InChI is InChI=1S/C9H18F2/c1-3-4-5-6-7-8(2)9(10)11/h8-9H,3-7H2,1-2H3/t8-/m0/s1. The lowest BCUT2D eigenvalue weighted by molar-refractivity contribution is 0.0805. The van der Waals surface area contributed by atoms with Crippen molar-refractivity contribution in [2.75, 3.05) is 0 Å². The lowest BCUT2D eigenvalue weighted by Crippen LogP contribution is -2.05. The second-order valence-corrected chi connectivity index (χ2v) is 3.16. The summed E-state index contributed by atoms with van der Waals surface area (Å²) in [6.07, 6.45) is 2.96.